The van der Waals surface area contributed by atoms with Gasteiger partial charge in [-0.15, -0.1) is 0 Å². The van der Waals surface area contributed by atoms with E-state index in [2.05, 4.69) is 10.6 Å². The van der Waals surface area contributed by atoms with E-state index in [9.17, 15) is 14.7 Å². The Kier molecular flexibility index (Phi) is 7.21. The molecule has 0 saturated carbocycles. The first-order valence-corrected chi connectivity index (χ1v) is 9.17. The van der Waals surface area contributed by atoms with E-state index < -0.39 is 0 Å². The van der Waals surface area contributed by atoms with Crippen LogP contribution in [0.1, 0.15) is 44.2 Å². The number of hydrogen-bond donors (Lipinski definition) is 3. The molecule has 1 heterocycles. The minimum atomic E-state index is -0.259. The van der Waals surface area contributed by atoms with Crippen molar-refractivity contribution >= 4 is 18.0 Å². The molecule has 1 saturated heterocycles. The summed E-state index contributed by atoms with van der Waals surface area (Å²) in [5.74, 6) is -0.0957. The molecule has 2 rings (SSSR count). The molecule has 0 bridgehead atoms. The maximum absolute atomic E-state index is 12.0. The summed E-state index contributed by atoms with van der Waals surface area (Å²) in [6.45, 7) is 6.33. The lowest BCUT2D eigenvalue weighted by molar-refractivity contribution is -0.147. The molecule has 3 amide bonds. The van der Waals surface area contributed by atoms with Crippen molar-refractivity contribution in [2.24, 2.45) is 0 Å². The van der Waals surface area contributed by atoms with Gasteiger partial charge in [0, 0.05) is 25.9 Å². The molecule has 26 heavy (non-hydrogen) atoms. The van der Waals surface area contributed by atoms with Crippen molar-refractivity contribution in [3.05, 3.63) is 41.5 Å². The zero-order valence-corrected chi connectivity index (χ0v) is 15.7. The minimum Gasteiger partial charge on any atom is -0.394 e. The summed E-state index contributed by atoms with van der Waals surface area (Å²) < 4.78 is 0. The molecule has 1 aliphatic heterocycles. The van der Waals surface area contributed by atoms with E-state index in [1.54, 1.807) is 4.90 Å². The molecule has 0 radical (unpaired) electrons. The van der Waals surface area contributed by atoms with Gasteiger partial charge in [0.05, 0.1) is 18.7 Å². The molecule has 0 unspecified atom stereocenters. The second-order valence-electron chi connectivity index (χ2n) is 6.57. The van der Waals surface area contributed by atoms with Crippen LogP contribution in [0, 0.1) is 0 Å². The second kappa shape index (κ2) is 9.38. The monoisotopic (exact) mass is 359 g/mol. The zero-order chi connectivity index (χ0) is 19.1. The summed E-state index contributed by atoms with van der Waals surface area (Å²) in [7, 11) is 0. The average Bonchev–Trinajstić information content (AvgIpc) is 2.60. The number of urea groups is 1. The molecule has 0 spiro atoms. The number of amides is 3. The molecule has 6 heteroatoms. The van der Waals surface area contributed by atoms with Gasteiger partial charge >= 0.3 is 6.03 Å². The summed E-state index contributed by atoms with van der Waals surface area (Å²) >= 11 is 0. The molecule has 3 N–H and O–H groups in total. The van der Waals surface area contributed by atoms with Crippen LogP contribution in [0.5, 0.6) is 0 Å². The molecule has 1 aromatic rings. The quantitative estimate of drug-likeness (QED) is 0.697. The molecule has 1 aliphatic rings. The van der Waals surface area contributed by atoms with Crippen molar-refractivity contribution in [3.63, 3.8) is 0 Å². The number of allylic oxidation sites excluding steroid dienone is 1. The van der Waals surface area contributed by atoms with Gasteiger partial charge in [-0.3, -0.25) is 4.79 Å². The lowest BCUT2D eigenvalue weighted by Gasteiger charge is -2.54. The Morgan fingerprint density at radius 2 is 1.88 bits per heavy atom. The number of nitrogens with zero attached hydrogens (tertiary/aromatic N) is 1. The first-order chi connectivity index (χ1) is 12.5. The third-order valence-corrected chi connectivity index (χ3v) is 4.78. The van der Waals surface area contributed by atoms with Crippen LogP contribution in [-0.2, 0) is 4.79 Å². The lowest BCUT2D eigenvalue weighted by Crippen LogP contribution is -2.68. The van der Waals surface area contributed by atoms with Gasteiger partial charge in [0.15, 0.2) is 0 Å². The summed E-state index contributed by atoms with van der Waals surface area (Å²) in [6.07, 6.45) is 4.87. The normalized spacial score (nSPS) is 22.2. The van der Waals surface area contributed by atoms with Crippen LogP contribution in [0.3, 0.4) is 0 Å². The Hall–Kier alpha value is -2.34. The van der Waals surface area contributed by atoms with Gasteiger partial charge in [-0.2, -0.15) is 0 Å². The highest BCUT2D eigenvalue weighted by atomic mass is 16.3. The van der Waals surface area contributed by atoms with Crippen LogP contribution in [0.25, 0.3) is 6.08 Å². The van der Waals surface area contributed by atoms with E-state index in [1.165, 1.54) is 6.92 Å². The summed E-state index contributed by atoms with van der Waals surface area (Å²) in [6, 6.07) is 7.46. The molecule has 0 aliphatic carbocycles. The van der Waals surface area contributed by atoms with Gasteiger partial charge in [-0.1, -0.05) is 43.3 Å². The van der Waals surface area contributed by atoms with E-state index in [4.69, 9.17) is 0 Å². The molecule has 0 aromatic heterocycles. The van der Waals surface area contributed by atoms with Crippen molar-refractivity contribution in [3.8, 4) is 0 Å². The van der Waals surface area contributed by atoms with Crippen LogP contribution in [0.4, 0.5) is 4.79 Å². The summed E-state index contributed by atoms with van der Waals surface area (Å²) in [5.41, 5.74) is 2.17. The number of aliphatic hydroxyl groups is 1. The van der Waals surface area contributed by atoms with Crippen molar-refractivity contribution in [1.29, 1.82) is 0 Å². The van der Waals surface area contributed by atoms with Gasteiger partial charge in [0.2, 0.25) is 5.91 Å². The first-order valence-electron chi connectivity index (χ1n) is 9.17. The highest BCUT2D eigenvalue weighted by Crippen LogP contribution is 2.40. The number of carbonyl (C=O) groups excluding carboxylic acids is 2. The molecular weight excluding hydrogens is 330 g/mol. The Balaban J connectivity index is 2.14. The number of benzene rings is 1. The van der Waals surface area contributed by atoms with Gasteiger partial charge in [0.25, 0.3) is 0 Å². The van der Waals surface area contributed by atoms with E-state index in [0.717, 1.165) is 17.5 Å². The largest absolute Gasteiger partial charge is 0.394 e. The van der Waals surface area contributed by atoms with Crippen molar-refractivity contribution in [2.45, 2.75) is 45.2 Å². The minimum absolute atomic E-state index is 0.00460. The van der Waals surface area contributed by atoms with E-state index in [1.807, 2.05) is 50.3 Å². The fourth-order valence-corrected chi connectivity index (χ4v) is 3.61. The number of nitrogens with one attached hydrogen (secondary N) is 2. The van der Waals surface area contributed by atoms with E-state index >= 15 is 0 Å². The average molecular weight is 359 g/mol. The highest BCUT2D eigenvalue weighted by Gasteiger charge is 2.49. The summed E-state index contributed by atoms with van der Waals surface area (Å²) in [4.78, 5) is 25.5. The predicted octanol–water partition coefficient (Wildman–Crippen LogP) is 2.10. The van der Waals surface area contributed by atoms with Gasteiger partial charge in [0.1, 0.15) is 0 Å². The topological polar surface area (TPSA) is 81.7 Å². The standard InChI is InChI=1S/C20H29N3O3/c1-4-6-15-7-9-16(10-8-15)19-17(12-22-20(26)21-11-5-2)23(14(3)25)18(19)13-24/h4,6-10,17-19,24H,5,11-13H2,1-3H3,(H2,21,22,26)/b6-4+/t17-,18+,19+/m0/s1. The van der Waals surface area contributed by atoms with Gasteiger partial charge in [-0.05, 0) is 24.5 Å². The third-order valence-electron chi connectivity index (χ3n) is 4.78. The van der Waals surface area contributed by atoms with Gasteiger partial charge in [-0.25, -0.2) is 4.79 Å². The van der Waals surface area contributed by atoms with Crippen molar-refractivity contribution < 1.29 is 14.7 Å². The number of rotatable bonds is 7. The van der Waals surface area contributed by atoms with Crippen LogP contribution >= 0.6 is 0 Å². The number of hydrogen-bond acceptors (Lipinski definition) is 3. The maximum atomic E-state index is 12.0. The maximum Gasteiger partial charge on any atom is 0.314 e. The molecular formula is C20H29N3O3. The molecule has 1 aromatic carbocycles. The highest BCUT2D eigenvalue weighted by molar-refractivity contribution is 5.77. The Morgan fingerprint density at radius 1 is 1.19 bits per heavy atom. The second-order valence-corrected chi connectivity index (χ2v) is 6.57. The van der Waals surface area contributed by atoms with Crippen LogP contribution in [0.15, 0.2) is 30.3 Å². The van der Waals surface area contributed by atoms with Crippen molar-refractivity contribution in [1.82, 2.24) is 15.5 Å². The molecule has 3 atom stereocenters. The van der Waals surface area contributed by atoms with E-state index in [0.29, 0.717) is 13.1 Å². The van der Waals surface area contributed by atoms with Gasteiger partial charge < -0.3 is 20.6 Å². The summed E-state index contributed by atoms with van der Waals surface area (Å²) in [5, 5.41) is 15.4. The Bertz CT molecular complexity index is 642. The smallest absolute Gasteiger partial charge is 0.314 e. The Labute approximate surface area is 155 Å². The van der Waals surface area contributed by atoms with Crippen LogP contribution in [-0.4, -0.2) is 53.7 Å². The fourth-order valence-electron chi connectivity index (χ4n) is 3.61. The van der Waals surface area contributed by atoms with Crippen LogP contribution in [0.2, 0.25) is 0 Å². The fraction of sp³-hybridized carbons (Fsp3) is 0.500. The predicted molar refractivity (Wildman–Crippen MR) is 103 cm³/mol. The first kappa shape index (κ1) is 20.0. The number of aliphatic hydroxyl groups excluding tert-OH is 1. The molecule has 6 nitrogen and oxygen atoms in total. The lowest BCUT2D eigenvalue weighted by atomic mass is 9.75. The molecule has 1 fully saturated rings. The SMILES string of the molecule is C/C=C/c1ccc([C@H]2[C@@H](CO)N(C(C)=O)[C@H]2CNC(=O)NCCC)cc1. The molecule has 142 valence electrons. The van der Waals surface area contributed by atoms with Crippen LogP contribution < -0.4 is 10.6 Å². The Morgan fingerprint density at radius 3 is 2.42 bits per heavy atom. The van der Waals surface area contributed by atoms with E-state index in [-0.39, 0.29) is 36.5 Å². The number of carbonyl (C=O) groups is 2. The third kappa shape index (κ3) is 4.43. The zero-order valence-electron chi connectivity index (χ0n) is 15.7. The van der Waals surface area contributed by atoms with Crippen molar-refractivity contribution in [2.75, 3.05) is 19.7 Å². The number of likely N-dealkylation sites (tertiary alicyclic amines) is 1.